The minimum absolute atomic E-state index is 0.0978. The van der Waals surface area contributed by atoms with E-state index in [0.29, 0.717) is 12.0 Å². The van der Waals surface area contributed by atoms with E-state index in [1.165, 1.54) is 18.5 Å². The number of allylic oxidation sites excluding steroid dienone is 3. The number of hydrogen-bond acceptors (Lipinski definition) is 4. The van der Waals surface area contributed by atoms with Crippen LogP contribution in [0.1, 0.15) is 77.1 Å². The average molecular weight is 377 g/mol. The van der Waals surface area contributed by atoms with Gasteiger partial charge in [0.25, 0.3) is 0 Å². The van der Waals surface area contributed by atoms with Gasteiger partial charge < -0.3 is 9.64 Å². The molecule has 0 radical (unpaired) electrons. The molecule has 0 aromatic carbocycles. The topological polar surface area (TPSA) is 25.4 Å². The number of aromatic nitrogens is 1. The van der Waals surface area contributed by atoms with Gasteiger partial charge in [0.15, 0.2) is 6.10 Å². The van der Waals surface area contributed by atoms with Crippen LogP contribution in [0.5, 0.6) is 0 Å². The van der Waals surface area contributed by atoms with Crippen molar-refractivity contribution < 1.29 is 4.74 Å². The van der Waals surface area contributed by atoms with Crippen molar-refractivity contribution in [1.82, 2.24) is 9.88 Å². The van der Waals surface area contributed by atoms with Crippen LogP contribution in [-0.2, 0) is 4.74 Å². The van der Waals surface area contributed by atoms with Crippen molar-refractivity contribution in [2.24, 2.45) is 5.92 Å². The first kappa shape index (κ1) is 22.5. The van der Waals surface area contributed by atoms with Gasteiger partial charge in [-0.15, -0.1) is 11.3 Å². The quantitative estimate of drug-likeness (QED) is 0.374. The van der Waals surface area contributed by atoms with Crippen molar-refractivity contribution >= 4 is 16.9 Å². The van der Waals surface area contributed by atoms with Crippen LogP contribution in [0.3, 0.4) is 0 Å². The van der Waals surface area contributed by atoms with Gasteiger partial charge in [-0.25, -0.2) is 4.98 Å². The lowest BCUT2D eigenvalue weighted by molar-refractivity contribution is 0.0721. The van der Waals surface area contributed by atoms with Gasteiger partial charge in [0, 0.05) is 30.6 Å². The van der Waals surface area contributed by atoms with Crippen molar-refractivity contribution in [2.75, 3.05) is 7.05 Å². The summed E-state index contributed by atoms with van der Waals surface area (Å²) in [7, 11) is 2.15. The van der Waals surface area contributed by atoms with Crippen LogP contribution >= 0.6 is 11.3 Å². The monoisotopic (exact) mass is 376 g/mol. The molecule has 1 aromatic heterocycles. The highest BCUT2D eigenvalue weighted by molar-refractivity contribution is 7.09. The summed E-state index contributed by atoms with van der Waals surface area (Å²) in [5.41, 5.74) is 3.12. The molecule has 3 nitrogen and oxygen atoms in total. The molecule has 2 unspecified atom stereocenters. The number of nitrogens with zero attached hydrogens (tertiary/aromatic N) is 2. The molecule has 1 rings (SSSR count). The third kappa shape index (κ3) is 6.64. The van der Waals surface area contributed by atoms with Crippen LogP contribution < -0.4 is 0 Å². The Kier molecular flexibility index (Phi) is 9.14. The van der Waals surface area contributed by atoms with Crippen LogP contribution in [0.15, 0.2) is 36.6 Å². The molecule has 0 spiro atoms. The summed E-state index contributed by atoms with van der Waals surface area (Å²) in [6.45, 7) is 22.8. The molecular formula is C22H36N2OS. The standard InChI is InChI=1S/C22H36N2OS/c1-10-11-12-18(8)24(9)20(16(4)5)13-21(25-17(6)7)22-23-19(14-26-22)15(2)3/h14,16,20-21H,2,6,8,10-13H2,1,3-5,7,9H3. The predicted octanol–water partition coefficient (Wildman–Crippen LogP) is 6.82. The molecular weight excluding hydrogens is 340 g/mol. The highest BCUT2D eigenvalue weighted by Crippen LogP contribution is 2.33. The fourth-order valence-corrected chi connectivity index (χ4v) is 3.90. The number of ether oxygens (including phenoxy) is 1. The molecule has 0 aliphatic carbocycles. The molecule has 0 aliphatic heterocycles. The van der Waals surface area contributed by atoms with Crippen molar-refractivity contribution in [3.63, 3.8) is 0 Å². The highest BCUT2D eigenvalue weighted by atomic mass is 32.1. The molecule has 146 valence electrons. The van der Waals surface area contributed by atoms with E-state index in [-0.39, 0.29) is 6.10 Å². The first-order chi connectivity index (χ1) is 12.2. The van der Waals surface area contributed by atoms with Crippen molar-refractivity contribution in [2.45, 2.75) is 72.4 Å². The van der Waals surface area contributed by atoms with E-state index >= 15 is 0 Å². The third-order valence-electron chi connectivity index (χ3n) is 4.62. The maximum absolute atomic E-state index is 6.09. The van der Waals surface area contributed by atoms with E-state index in [1.807, 2.05) is 13.8 Å². The minimum Gasteiger partial charge on any atom is -0.488 e. The summed E-state index contributed by atoms with van der Waals surface area (Å²) in [6.07, 6.45) is 4.16. The zero-order valence-corrected chi connectivity index (χ0v) is 18.3. The van der Waals surface area contributed by atoms with E-state index < -0.39 is 0 Å². The fourth-order valence-electron chi connectivity index (χ4n) is 2.96. The maximum atomic E-state index is 6.09. The molecule has 1 aromatic rings. The Morgan fingerprint density at radius 2 is 1.92 bits per heavy atom. The normalized spacial score (nSPS) is 13.3. The Labute approximate surface area is 164 Å². The summed E-state index contributed by atoms with van der Waals surface area (Å²) in [4.78, 5) is 7.08. The lowest BCUT2D eigenvalue weighted by Crippen LogP contribution is -2.36. The van der Waals surface area contributed by atoms with Crippen LogP contribution in [-0.4, -0.2) is 23.0 Å². The number of unbranched alkanes of at least 4 members (excludes halogenated alkanes) is 1. The second kappa shape index (κ2) is 10.6. The molecule has 26 heavy (non-hydrogen) atoms. The van der Waals surface area contributed by atoms with E-state index in [1.54, 1.807) is 11.3 Å². The molecule has 0 aliphatic rings. The smallest absolute Gasteiger partial charge is 0.151 e. The summed E-state index contributed by atoms with van der Waals surface area (Å²) >= 11 is 1.64. The first-order valence-corrected chi connectivity index (χ1v) is 10.4. The van der Waals surface area contributed by atoms with Gasteiger partial charge in [-0.2, -0.15) is 0 Å². The molecule has 1 heterocycles. The molecule has 0 fully saturated rings. The largest absolute Gasteiger partial charge is 0.488 e. The van der Waals surface area contributed by atoms with Gasteiger partial charge in [0.2, 0.25) is 0 Å². The number of rotatable bonds is 12. The Morgan fingerprint density at radius 1 is 1.27 bits per heavy atom. The summed E-state index contributed by atoms with van der Waals surface area (Å²) < 4.78 is 6.09. The van der Waals surface area contributed by atoms with Gasteiger partial charge in [-0.05, 0) is 38.2 Å². The van der Waals surface area contributed by atoms with Gasteiger partial charge in [-0.1, -0.05) is 46.9 Å². The third-order valence-corrected chi connectivity index (χ3v) is 5.56. The number of hydrogen-bond donors (Lipinski definition) is 0. The van der Waals surface area contributed by atoms with E-state index in [2.05, 4.69) is 57.8 Å². The molecule has 0 bridgehead atoms. The van der Waals surface area contributed by atoms with E-state index in [9.17, 15) is 0 Å². The Bertz CT molecular complexity index is 617. The van der Waals surface area contributed by atoms with Crippen molar-refractivity contribution in [1.29, 1.82) is 0 Å². The molecule has 0 amide bonds. The van der Waals surface area contributed by atoms with Crippen molar-refractivity contribution in [3.05, 3.63) is 47.3 Å². The van der Waals surface area contributed by atoms with Crippen LogP contribution in [0.2, 0.25) is 0 Å². The van der Waals surface area contributed by atoms with E-state index in [4.69, 9.17) is 9.72 Å². The van der Waals surface area contributed by atoms with Gasteiger partial charge in [0.1, 0.15) is 5.01 Å². The van der Waals surface area contributed by atoms with Gasteiger partial charge >= 0.3 is 0 Å². The van der Waals surface area contributed by atoms with Crippen molar-refractivity contribution in [3.8, 4) is 0 Å². The molecule has 4 heteroatoms. The lowest BCUT2D eigenvalue weighted by atomic mass is 9.95. The zero-order valence-electron chi connectivity index (χ0n) is 17.5. The minimum atomic E-state index is -0.0978. The summed E-state index contributed by atoms with van der Waals surface area (Å²) in [5.74, 6) is 1.20. The zero-order chi connectivity index (χ0) is 19.9. The van der Waals surface area contributed by atoms with Gasteiger partial charge in [0.05, 0.1) is 11.5 Å². The lowest BCUT2D eigenvalue weighted by Gasteiger charge is -2.36. The van der Waals surface area contributed by atoms with Crippen LogP contribution in [0, 0.1) is 5.92 Å². The fraction of sp³-hybridized carbons (Fsp3) is 0.591. The Morgan fingerprint density at radius 3 is 2.38 bits per heavy atom. The second-order valence-electron chi connectivity index (χ2n) is 7.49. The van der Waals surface area contributed by atoms with Gasteiger partial charge in [-0.3, -0.25) is 0 Å². The summed E-state index contributed by atoms with van der Waals surface area (Å²) in [5, 5.41) is 3.05. The average Bonchev–Trinajstić information content (AvgIpc) is 3.05. The Balaban J connectivity index is 3.01. The second-order valence-corrected chi connectivity index (χ2v) is 8.38. The van der Waals surface area contributed by atoms with Crippen LogP contribution in [0.25, 0.3) is 5.57 Å². The molecule has 0 N–H and O–H groups in total. The van der Waals surface area contributed by atoms with E-state index in [0.717, 1.165) is 34.9 Å². The highest BCUT2D eigenvalue weighted by Gasteiger charge is 2.28. The van der Waals surface area contributed by atoms with Crippen LogP contribution in [0.4, 0.5) is 0 Å². The Hall–Kier alpha value is -1.55. The summed E-state index contributed by atoms with van der Waals surface area (Å²) in [6, 6.07) is 0.334. The first-order valence-electron chi connectivity index (χ1n) is 9.51. The molecule has 0 saturated carbocycles. The SMILES string of the molecule is C=C(C)OC(CC(C(C)C)N(C)C(=C)CCCC)c1nc(C(=C)C)cs1. The maximum Gasteiger partial charge on any atom is 0.151 e. The molecule has 2 atom stereocenters. The number of thiazole rings is 1. The molecule has 0 saturated heterocycles. The predicted molar refractivity (Wildman–Crippen MR) is 115 cm³/mol.